The van der Waals surface area contributed by atoms with Crippen LogP contribution in [0.2, 0.25) is 0 Å². The van der Waals surface area contributed by atoms with Gasteiger partial charge in [-0.3, -0.25) is 9.36 Å². The van der Waals surface area contributed by atoms with Crippen LogP contribution in [-0.2, 0) is 0 Å². The third-order valence-corrected chi connectivity index (χ3v) is 5.54. The third-order valence-electron chi connectivity index (χ3n) is 5.54. The fraction of sp³-hybridized carbons (Fsp3) is 0.381. The summed E-state index contributed by atoms with van der Waals surface area (Å²) in [6.45, 7) is 3.55. The molecule has 0 aliphatic carbocycles. The molecular weight excluding hydrogens is 466 g/mol. The number of benzene rings is 1. The molecule has 0 unspecified atom stereocenters. The molecule has 3 aromatic rings. The van der Waals surface area contributed by atoms with Crippen LogP contribution in [0.3, 0.4) is 0 Å². The predicted octanol–water partition coefficient (Wildman–Crippen LogP) is 3.95. The van der Waals surface area contributed by atoms with Gasteiger partial charge in [0.2, 0.25) is 12.0 Å². The number of nitrogens with one attached hydrogen (secondary N) is 1. The highest BCUT2D eigenvalue weighted by molar-refractivity contribution is 5.76. The maximum Gasteiger partial charge on any atom is 0.418 e. The van der Waals surface area contributed by atoms with Crippen molar-refractivity contribution >= 4 is 28.4 Å². The Bertz CT molecular complexity index is 1200. The van der Waals surface area contributed by atoms with E-state index in [4.69, 9.17) is 0 Å². The van der Waals surface area contributed by atoms with Crippen LogP contribution in [0.1, 0.15) is 6.04 Å². The van der Waals surface area contributed by atoms with Crippen LogP contribution >= 0.6 is 0 Å². The number of likely N-dealkylation sites (N-methyl/N-ethyl adjacent to an activating group) is 1. The minimum Gasteiger partial charge on any atom is -0.369 e. The van der Waals surface area contributed by atoms with Crippen LogP contribution in [0.25, 0.3) is 11.0 Å². The van der Waals surface area contributed by atoms with Gasteiger partial charge in [0.25, 0.3) is 5.56 Å². The Morgan fingerprint density at radius 2 is 1.53 bits per heavy atom. The van der Waals surface area contributed by atoms with Crippen molar-refractivity contribution in [2.45, 2.75) is 18.4 Å². The van der Waals surface area contributed by atoms with Gasteiger partial charge >= 0.3 is 12.4 Å². The number of pyridine rings is 1. The number of halogens is 6. The van der Waals surface area contributed by atoms with Gasteiger partial charge in [0.15, 0.2) is 0 Å². The fourth-order valence-electron chi connectivity index (χ4n) is 3.78. The first-order valence-electron chi connectivity index (χ1n) is 10.3. The third kappa shape index (κ3) is 4.93. The van der Waals surface area contributed by atoms with Crippen molar-refractivity contribution in [3.8, 4) is 0 Å². The summed E-state index contributed by atoms with van der Waals surface area (Å²) in [7, 11) is 2.04. The van der Waals surface area contributed by atoms with Gasteiger partial charge in [-0.15, -0.1) is 0 Å². The molecule has 0 atom stereocenters. The van der Waals surface area contributed by atoms with Gasteiger partial charge in [0, 0.05) is 55.2 Å². The first-order chi connectivity index (χ1) is 15.9. The Labute approximate surface area is 189 Å². The van der Waals surface area contributed by atoms with Crippen molar-refractivity contribution in [2.75, 3.05) is 43.4 Å². The highest BCUT2D eigenvalue weighted by Gasteiger charge is 2.59. The predicted molar refractivity (Wildman–Crippen MR) is 114 cm³/mol. The van der Waals surface area contributed by atoms with E-state index in [1.807, 2.05) is 19.2 Å². The van der Waals surface area contributed by atoms with Gasteiger partial charge in [0.1, 0.15) is 5.65 Å². The number of alkyl halides is 6. The Kier molecular flexibility index (Phi) is 6.14. The second kappa shape index (κ2) is 8.78. The van der Waals surface area contributed by atoms with Crippen molar-refractivity contribution < 1.29 is 26.3 Å². The summed E-state index contributed by atoms with van der Waals surface area (Å²) < 4.78 is 79.6. The summed E-state index contributed by atoms with van der Waals surface area (Å²) in [5.41, 5.74) is -0.803. The van der Waals surface area contributed by atoms with Gasteiger partial charge in [0.05, 0.1) is 0 Å². The second-order valence-corrected chi connectivity index (χ2v) is 7.96. The molecule has 34 heavy (non-hydrogen) atoms. The van der Waals surface area contributed by atoms with Gasteiger partial charge in [-0.2, -0.15) is 31.3 Å². The lowest BCUT2D eigenvalue weighted by Gasteiger charge is -2.34. The number of hydrogen-bond acceptors (Lipinski definition) is 6. The quantitative estimate of drug-likeness (QED) is 0.564. The SMILES string of the molecule is CN1CCN(c2ccc(Nc3ncc4ccc(=O)n(C(C(F)(F)F)C(F)(F)F)c4n3)cc2)CC1. The van der Waals surface area contributed by atoms with Crippen LogP contribution in [0.4, 0.5) is 43.7 Å². The van der Waals surface area contributed by atoms with Crippen molar-refractivity contribution in [1.82, 2.24) is 19.4 Å². The number of hydrogen-bond donors (Lipinski definition) is 1. The molecule has 1 saturated heterocycles. The maximum atomic E-state index is 13.3. The number of anilines is 3. The van der Waals surface area contributed by atoms with E-state index in [-0.39, 0.29) is 11.3 Å². The second-order valence-electron chi connectivity index (χ2n) is 7.96. The molecule has 1 aromatic carbocycles. The van der Waals surface area contributed by atoms with Gasteiger partial charge in [-0.25, -0.2) is 4.98 Å². The smallest absolute Gasteiger partial charge is 0.369 e. The normalized spacial score (nSPS) is 15.8. The lowest BCUT2D eigenvalue weighted by molar-refractivity contribution is -0.274. The Morgan fingerprint density at radius 3 is 2.12 bits per heavy atom. The molecule has 4 rings (SSSR count). The molecule has 2 aromatic heterocycles. The highest BCUT2D eigenvalue weighted by Crippen LogP contribution is 2.43. The molecule has 0 spiro atoms. The molecule has 182 valence electrons. The fourth-order valence-corrected chi connectivity index (χ4v) is 3.78. The average molecular weight is 486 g/mol. The van der Waals surface area contributed by atoms with Crippen LogP contribution in [0.5, 0.6) is 0 Å². The maximum absolute atomic E-state index is 13.3. The molecule has 7 nitrogen and oxygen atoms in total. The molecule has 3 heterocycles. The topological polar surface area (TPSA) is 66.3 Å². The van der Waals surface area contributed by atoms with E-state index < -0.39 is 34.2 Å². The first kappa shape index (κ1) is 23.8. The van der Waals surface area contributed by atoms with E-state index in [0.29, 0.717) is 11.8 Å². The van der Waals surface area contributed by atoms with Crippen LogP contribution < -0.4 is 15.8 Å². The Morgan fingerprint density at radius 1 is 0.912 bits per heavy atom. The minimum atomic E-state index is -5.76. The van der Waals surface area contributed by atoms with E-state index in [9.17, 15) is 31.1 Å². The Balaban J connectivity index is 1.66. The van der Waals surface area contributed by atoms with Gasteiger partial charge in [-0.05, 0) is 37.4 Å². The van der Waals surface area contributed by atoms with Crippen molar-refractivity contribution in [3.05, 3.63) is 52.9 Å². The zero-order valence-electron chi connectivity index (χ0n) is 17.9. The summed E-state index contributed by atoms with van der Waals surface area (Å²) in [6, 6.07) is 4.75. The minimum absolute atomic E-state index is 0.144. The monoisotopic (exact) mass is 486 g/mol. The van der Waals surface area contributed by atoms with E-state index in [0.717, 1.165) is 44.1 Å². The van der Waals surface area contributed by atoms with Crippen LogP contribution in [0, 0.1) is 0 Å². The number of piperazine rings is 1. The number of rotatable bonds is 4. The lowest BCUT2D eigenvalue weighted by Crippen LogP contribution is -2.44. The number of aromatic nitrogens is 3. The molecule has 1 N–H and O–H groups in total. The summed E-state index contributed by atoms with van der Waals surface area (Å²) >= 11 is 0. The highest BCUT2D eigenvalue weighted by atomic mass is 19.4. The van der Waals surface area contributed by atoms with E-state index in [2.05, 4.69) is 25.1 Å². The molecule has 1 aliphatic rings. The molecule has 13 heteroatoms. The lowest BCUT2D eigenvalue weighted by atomic mass is 10.2. The zero-order valence-corrected chi connectivity index (χ0v) is 17.9. The van der Waals surface area contributed by atoms with Crippen molar-refractivity contribution in [3.63, 3.8) is 0 Å². The van der Waals surface area contributed by atoms with Crippen LogP contribution in [-0.4, -0.2) is 65.0 Å². The van der Waals surface area contributed by atoms with E-state index in [1.54, 1.807) is 12.1 Å². The molecule has 0 bridgehead atoms. The summed E-state index contributed by atoms with van der Waals surface area (Å²) in [4.78, 5) is 24.3. The van der Waals surface area contributed by atoms with E-state index >= 15 is 0 Å². The largest absolute Gasteiger partial charge is 0.418 e. The molecule has 0 amide bonds. The molecule has 1 fully saturated rings. The molecule has 0 saturated carbocycles. The number of nitrogens with zero attached hydrogens (tertiary/aromatic N) is 5. The summed E-state index contributed by atoms with van der Waals surface area (Å²) in [5, 5.41) is 2.63. The first-order valence-corrected chi connectivity index (χ1v) is 10.3. The average Bonchev–Trinajstić information content (AvgIpc) is 2.75. The molecule has 0 radical (unpaired) electrons. The Hall–Kier alpha value is -3.35. The molecular formula is C21H20F6N6O. The standard InChI is InChI=1S/C21H20F6N6O/c1-31-8-10-32(11-9-31)15-5-3-14(4-6-15)29-19-28-12-13-2-7-16(34)33(17(13)30-19)18(20(22,23)24)21(25,26)27/h2-7,12,18H,8-11H2,1H3,(H,28,29,30). The van der Waals surface area contributed by atoms with Gasteiger partial charge < -0.3 is 15.1 Å². The van der Waals surface area contributed by atoms with Gasteiger partial charge in [-0.1, -0.05) is 0 Å². The van der Waals surface area contributed by atoms with Crippen molar-refractivity contribution in [1.29, 1.82) is 0 Å². The summed E-state index contributed by atoms with van der Waals surface area (Å²) in [6.07, 6.45) is -10.5. The zero-order chi connectivity index (χ0) is 24.7. The number of fused-ring (bicyclic) bond motifs is 1. The molecule has 1 aliphatic heterocycles. The van der Waals surface area contributed by atoms with Crippen LogP contribution in [0.15, 0.2) is 47.4 Å². The summed E-state index contributed by atoms with van der Waals surface area (Å²) in [5.74, 6) is -0.248. The van der Waals surface area contributed by atoms with Crippen molar-refractivity contribution in [2.24, 2.45) is 0 Å². The van der Waals surface area contributed by atoms with E-state index in [1.165, 1.54) is 0 Å².